The van der Waals surface area contributed by atoms with E-state index in [-0.39, 0.29) is 6.54 Å². The van der Waals surface area contributed by atoms with Crippen molar-refractivity contribution in [1.82, 2.24) is 15.1 Å². The van der Waals surface area contributed by atoms with E-state index in [0.29, 0.717) is 17.0 Å². The second kappa shape index (κ2) is 7.55. The lowest BCUT2D eigenvalue weighted by Crippen LogP contribution is -2.35. The fourth-order valence-corrected chi connectivity index (χ4v) is 3.52. The van der Waals surface area contributed by atoms with Gasteiger partial charge in [0, 0.05) is 41.7 Å². The summed E-state index contributed by atoms with van der Waals surface area (Å²) in [6.07, 6.45) is 0. The molecule has 0 fully saturated rings. The highest BCUT2D eigenvalue weighted by atomic mass is 16.5. The second-order valence-corrected chi connectivity index (χ2v) is 7.06. The average molecular weight is 406 g/mol. The number of benzene rings is 2. The monoisotopic (exact) mass is 406 g/mol. The number of nitrogens with zero attached hydrogens (tertiary/aromatic N) is 2. The van der Waals surface area contributed by atoms with Crippen LogP contribution in [0.3, 0.4) is 0 Å². The van der Waals surface area contributed by atoms with E-state index in [1.807, 2.05) is 45.2 Å². The maximum atomic E-state index is 12.5. The molecule has 4 aromatic rings. The first-order valence-electron chi connectivity index (χ1n) is 9.46. The Morgan fingerprint density at radius 1 is 1.10 bits per heavy atom. The van der Waals surface area contributed by atoms with Crippen LogP contribution in [0.1, 0.15) is 17.0 Å². The summed E-state index contributed by atoms with van der Waals surface area (Å²) >= 11 is 0. The van der Waals surface area contributed by atoms with Crippen molar-refractivity contribution >= 4 is 39.4 Å². The maximum Gasteiger partial charge on any atom is 0.313 e. The summed E-state index contributed by atoms with van der Waals surface area (Å²) < 4.78 is 13.0. The van der Waals surface area contributed by atoms with E-state index in [9.17, 15) is 9.59 Å². The van der Waals surface area contributed by atoms with Gasteiger partial charge in [-0.05, 0) is 26.0 Å². The van der Waals surface area contributed by atoms with Gasteiger partial charge in [-0.3, -0.25) is 14.3 Å². The highest BCUT2D eigenvalue weighted by molar-refractivity contribution is 6.39. The van der Waals surface area contributed by atoms with Gasteiger partial charge in [0.15, 0.2) is 0 Å². The summed E-state index contributed by atoms with van der Waals surface area (Å²) in [5, 5.41) is 11.4. The molecule has 2 N–H and O–H groups in total. The predicted octanol–water partition coefficient (Wildman–Crippen LogP) is 3.20. The Morgan fingerprint density at radius 3 is 2.57 bits per heavy atom. The molecule has 154 valence electrons. The van der Waals surface area contributed by atoms with Crippen molar-refractivity contribution < 1.29 is 18.7 Å². The highest BCUT2D eigenvalue weighted by Gasteiger charge is 2.19. The maximum absolute atomic E-state index is 12.5. The zero-order valence-corrected chi connectivity index (χ0v) is 17.2. The Hall–Kier alpha value is -3.81. The third-order valence-corrected chi connectivity index (χ3v) is 5.24. The zero-order valence-electron chi connectivity index (χ0n) is 17.2. The number of carbonyl (C=O) groups is 2. The van der Waals surface area contributed by atoms with Crippen LogP contribution in [0.25, 0.3) is 21.9 Å². The van der Waals surface area contributed by atoms with Crippen LogP contribution in [-0.2, 0) is 23.2 Å². The lowest BCUT2D eigenvalue weighted by Gasteiger charge is -2.10. The van der Waals surface area contributed by atoms with E-state index in [1.54, 1.807) is 16.8 Å². The fraction of sp³-hybridized carbons (Fsp3) is 0.227. The smallest absolute Gasteiger partial charge is 0.313 e. The number of fused-ring (bicyclic) bond motifs is 3. The summed E-state index contributed by atoms with van der Waals surface area (Å²) in [4.78, 5) is 24.8. The SMILES string of the molecule is COc1cc2c(cc1NC(=O)C(=O)NCc1c(C)nn(C)c1C)oc1ccccc12. The van der Waals surface area contributed by atoms with Crippen LogP contribution in [0.15, 0.2) is 40.8 Å². The molecule has 0 saturated heterocycles. The number of anilines is 1. The van der Waals surface area contributed by atoms with E-state index in [1.165, 1.54) is 7.11 Å². The van der Waals surface area contributed by atoms with Gasteiger partial charge < -0.3 is 19.8 Å². The molecule has 0 aliphatic heterocycles. The number of aromatic nitrogens is 2. The highest BCUT2D eigenvalue weighted by Crippen LogP contribution is 2.36. The molecule has 0 unspecified atom stereocenters. The zero-order chi connectivity index (χ0) is 21.4. The molecule has 0 aliphatic rings. The van der Waals surface area contributed by atoms with Gasteiger partial charge in [-0.2, -0.15) is 5.10 Å². The molecule has 0 bridgehead atoms. The normalized spacial score (nSPS) is 11.1. The van der Waals surface area contributed by atoms with Crippen molar-refractivity contribution in [1.29, 1.82) is 0 Å². The molecular formula is C22H22N4O4. The molecule has 8 heteroatoms. The van der Waals surface area contributed by atoms with Crippen LogP contribution in [0.2, 0.25) is 0 Å². The lowest BCUT2D eigenvalue weighted by atomic mass is 10.1. The van der Waals surface area contributed by atoms with E-state index >= 15 is 0 Å². The van der Waals surface area contributed by atoms with Gasteiger partial charge in [-0.15, -0.1) is 0 Å². The number of aryl methyl sites for hydroxylation is 2. The van der Waals surface area contributed by atoms with Gasteiger partial charge in [-0.1, -0.05) is 18.2 Å². The minimum absolute atomic E-state index is 0.220. The lowest BCUT2D eigenvalue weighted by molar-refractivity contribution is -0.136. The number of rotatable bonds is 4. The van der Waals surface area contributed by atoms with Crippen molar-refractivity contribution in [3.63, 3.8) is 0 Å². The molecule has 2 aromatic carbocycles. The van der Waals surface area contributed by atoms with E-state index in [0.717, 1.165) is 33.3 Å². The molecule has 0 spiro atoms. The molecule has 2 aromatic heterocycles. The summed E-state index contributed by atoms with van der Waals surface area (Å²) in [6, 6.07) is 11.1. The van der Waals surface area contributed by atoms with Crippen molar-refractivity contribution in [3.05, 3.63) is 53.3 Å². The van der Waals surface area contributed by atoms with Gasteiger partial charge in [0.05, 0.1) is 18.5 Å². The van der Waals surface area contributed by atoms with Crippen LogP contribution in [0.4, 0.5) is 5.69 Å². The minimum Gasteiger partial charge on any atom is -0.495 e. The number of amides is 2. The topological polar surface area (TPSA) is 98.4 Å². The van der Waals surface area contributed by atoms with Crippen LogP contribution >= 0.6 is 0 Å². The minimum atomic E-state index is -0.789. The predicted molar refractivity (Wildman–Crippen MR) is 113 cm³/mol. The number of nitrogens with one attached hydrogen (secondary N) is 2. The molecule has 0 atom stereocenters. The Labute approximate surface area is 172 Å². The standard InChI is InChI=1S/C22H22N4O4/c1-12-16(13(2)26(3)25-12)11-23-21(27)22(28)24-17-10-19-15(9-20(17)29-4)14-7-5-6-8-18(14)30-19/h5-10H,11H2,1-4H3,(H,23,27)(H,24,28). The van der Waals surface area contributed by atoms with Gasteiger partial charge in [0.25, 0.3) is 0 Å². The summed E-state index contributed by atoms with van der Waals surface area (Å²) in [6.45, 7) is 3.99. The Kier molecular flexibility index (Phi) is 4.91. The number of hydrogen-bond donors (Lipinski definition) is 2. The third kappa shape index (κ3) is 3.36. The van der Waals surface area contributed by atoms with Crippen molar-refractivity contribution in [3.8, 4) is 5.75 Å². The van der Waals surface area contributed by atoms with Crippen molar-refractivity contribution in [2.75, 3.05) is 12.4 Å². The molecule has 2 heterocycles. The van der Waals surface area contributed by atoms with Crippen molar-refractivity contribution in [2.45, 2.75) is 20.4 Å². The van der Waals surface area contributed by atoms with E-state index < -0.39 is 11.8 Å². The molecule has 0 saturated carbocycles. The first-order chi connectivity index (χ1) is 14.4. The quantitative estimate of drug-likeness (QED) is 0.507. The van der Waals surface area contributed by atoms with Crippen LogP contribution in [0.5, 0.6) is 5.75 Å². The molecule has 8 nitrogen and oxygen atoms in total. The summed E-state index contributed by atoms with van der Waals surface area (Å²) in [5.41, 5.74) is 4.32. The van der Waals surface area contributed by atoms with Crippen molar-refractivity contribution in [2.24, 2.45) is 7.05 Å². The summed E-state index contributed by atoms with van der Waals surface area (Å²) in [5.74, 6) is -1.10. The van der Waals surface area contributed by atoms with Gasteiger partial charge in [0.2, 0.25) is 0 Å². The second-order valence-electron chi connectivity index (χ2n) is 7.06. The number of hydrogen-bond acceptors (Lipinski definition) is 5. The van der Waals surface area contributed by atoms with Gasteiger partial charge in [0.1, 0.15) is 16.9 Å². The fourth-order valence-electron chi connectivity index (χ4n) is 3.52. The first-order valence-corrected chi connectivity index (χ1v) is 9.46. The average Bonchev–Trinajstić information content (AvgIpc) is 3.21. The molecule has 0 radical (unpaired) electrons. The largest absolute Gasteiger partial charge is 0.495 e. The molecule has 0 aliphatic carbocycles. The van der Waals surface area contributed by atoms with Gasteiger partial charge in [-0.25, -0.2) is 0 Å². The molecular weight excluding hydrogens is 384 g/mol. The Morgan fingerprint density at radius 2 is 1.87 bits per heavy atom. The van der Waals surface area contributed by atoms with E-state index in [2.05, 4.69) is 15.7 Å². The van der Waals surface area contributed by atoms with Gasteiger partial charge >= 0.3 is 11.8 Å². The Bertz CT molecular complexity index is 1290. The number of para-hydroxylation sites is 1. The summed E-state index contributed by atoms with van der Waals surface area (Å²) in [7, 11) is 3.34. The Balaban J connectivity index is 1.54. The molecule has 30 heavy (non-hydrogen) atoms. The third-order valence-electron chi connectivity index (χ3n) is 5.24. The number of methoxy groups -OCH3 is 1. The van der Waals surface area contributed by atoms with Crippen LogP contribution in [-0.4, -0.2) is 28.7 Å². The molecule has 4 rings (SSSR count). The number of carbonyl (C=O) groups excluding carboxylic acids is 2. The van der Waals surface area contributed by atoms with Crippen LogP contribution < -0.4 is 15.4 Å². The molecule has 2 amide bonds. The number of furan rings is 1. The van der Waals surface area contributed by atoms with E-state index in [4.69, 9.17) is 9.15 Å². The first kappa shape index (κ1) is 19.5. The van der Waals surface area contributed by atoms with Crippen LogP contribution in [0, 0.1) is 13.8 Å². The number of ether oxygens (including phenoxy) is 1.